The number of hydrogen-bond acceptors (Lipinski definition) is 3. The Bertz CT molecular complexity index is 362. The van der Waals surface area contributed by atoms with Crippen LogP contribution in [0.4, 0.5) is 4.39 Å². The van der Waals surface area contributed by atoms with Crippen molar-refractivity contribution < 1.29 is 14.2 Å². The van der Waals surface area contributed by atoms with Crippen LogP contribution in [0.1, 0.15) is 12.0 Å². The van der Waals surface area contributed by atoms with E-state index < -0.39 is 11.4 Å². The van der Waals surface area contributed by atoms with Crippen molar-refractivity contribution in [2.45, 2.75) is 12.0 Å². The lowest BCUT2D eigenvalue weighted by molar-refractivity contribution is 0.0544. The minimum Gasteiger partial charge on any atom is -0.494 e. The van der Waals surface area contributed by atoms with Crippen LogP contribution in [-0.2, 0) is 5.60 Å². The summed E-state index contributed by atoms with van der Waals surface area (Å²) in [4.78, 5) is 0. The number of nitrogens with one attached hydrogen (secondary N) is 1. The Labute approximate surface area is 87.9 Å². The second kappa shape index (κ2) is 3.79. The second-order valence-electron chi connectivity index (χ2n) is 3.78. The molecule has 1 aromatic carbocycles. The zero-order chi connectivity index (χ0) is 10.9. The predicted molar refractivity (Wildman–Crippen MR) is 54.3 cm³/mol. The molecule has 3 nitrogen and oxygen atoms in total. The summed E-state index contributed by atoms with van der Waals surface area (Å²) in [6, 6.07) is 4.84. The monoisotopic (exact) mass is 211 g/mol. The first-order valence-corrected chi connectivity index (χ1v) is 4.93. The van der Waals surface area contributed by atoms with Gasteiger partial charge >= 0.3 is 0 Å². The molecule has 0 aromatic heterocycles. The molecular weight excluding hydrogens is 197 g/mol. The van der Waals surface area contributed by atoms with Crippen molar-refractivity contribution in [3.8, 4) is 5.75 Å². The molecule has 4 heteroatoms. The molecule has 1 atom stereocenters. The van der Waals surface area contributed by atoms with Gasteiger partial charge in [-0.25, -0.2) is 4.39 Å². The number of aliphatic hydroxyl groups is 1. The zero-order valence-electron chi connectivity index (χ0n) is 8.59. The van der Waals surface area contributed by atoms with Crippen LogP contribution in [0, 0.1) is 5.82 Å². The number of β-amino-alcohol motifs (C(OH)–C–C–N with tert-alkyl or cyclic N) is 1. The Balaban J connectivity index is 2.43. The molecule has 1 aliphatic heterocycles. The molecule has 1 aromatic rings. The molecule has 1 fully saturated rings. The van der Waals surface area contributed by atoms with Crippen LogP contribution in [-0.4, -0.2) is 25.3 Å². The molecule has 2 rings (SSSR count). The fourth-order valence-corrected chi connectivity index (χ4v) is 1.94. The van der Waals surface area contributed by atoms with E-state index in [1.807, 2.05) is 0 Å². The Morgan fingerprint density at radius 1 is 1.53 bits per heavy atom. The first kappa shape index (κ1) is 10.4. The molecule has 1 heterocycles. The van der Waals surface area contributed by atoms with E-state index >= 15 is 0 Å². The third kappa shape index (κ3) is 1.70. The Hall–Kier alpha value is -1.13. The molecule has 2 N–H and O–H groups in total. The molecule has 0 amide bonds. The van der Waals surface area contributed by atoms with E-state index in [9.17, 15) is 9.50 Å². The number of hydrogen-bond donors (Lipinski definition) is 2. The number of halogens is 1. The molecule has 1 saturated heterocycles. The summed E-state index contributed by atoms with van der Waals surface area (Å²) >= 11 is 0. The average Bonchev–Trinajstić information content (AvgIpc) is 2.66. The number of benzene rings is 1. The highest BCUT2D eigenvalue weighted by Gasteiger charge is 2.36. The Morgan fingerprint density at radius 3 is 2.93 bits per heavy atom. The second-order valence-corrected chi connectivity index (χ2v) is 3.78. The molecule has 82 valence electrons. The van der Waals surface area contributed by atoms with Crippen molar-refractivity contribution >= 4 is 0 Å². The maximum absolute atomic E-state index is 13.9. The zero-order valence-corrected chi connectivity index (χ0v) is 8.59. The maximum atomic E-state index is 13.9. The highest BCUT2D eigenvalue weighted by molar-refractivity contribution is 5.35. The van der Waals surface area contributed by atoms with E-state index in [1.54, 1.807) is 18.2 Å². The van der Waals surface area contributed by atoms with E-state index in [0.29, 0.717) is 25.1 Å². The van der Waals surface area contributed by atoms with Gasteiger partial charge in [-0.05, 0) is 19.0 Å². The molecule has 1 unspecified atom stereocenters. The molecule has 0 radical (unpaired) electrons. The van der Waals surface area contributed by atoms with Gasteiger partial charge in [-0.3, -0.25) is 0 Å². The number of ether oxygens (including phenoxy) is 1. The van der Waals surface area contributed by atoms with Crippen LogP contribution in [0.3, 0.4) is 0 Å². The standard InChI is InChI=1S/C11H14FNO2/c1-15-9-4-2-3-8(10(9)12)11(14)5-6-13-7-11/h2-4,13-14H,5-7H2,1H3. The summed E-state index contributed by atoms with van der Waals surface area (Å²) in [6.45, 7) is 1.09. The highest BCUT2D eigenvalue weighted by Crippen LogP contribution is 2.33. The molecule has 15 heavy (non-hydrogen) atoms. The average molecular weight is 211 g/mol. The van der Waals surface area contributed by atoms with Gasteiger partial charge in [-0.2, -0.15) is 0 Å². The van der Waals surface area contributed by atoms with Crippen molar-refractivity contribution in [1.29, 1.82) is 0 Å². The molecule has 0 bridgehead atoms. The number of rotatable bonds is 2. The van der Waals surface area contributed by atoms with Crippen LogP contribution in [0.5, 0.6) is 5.75 Å². The minimum absolute atomic E-state index is 0.174. The van der Waals surface area contributed by atoms with Gasteiger partial charge in [0, 0.05) is 12.1 Å². The van der Waals surface area contributed by atoms with E-state index in [4.69, 9.17) is 4.74 Å². The number of methoxy groups -OCH3 is 1. The lowest BCUT2D eigenvalue weighted by atomic mass is 9.92. The first-order chi connectivity index (χ1) is 7.17. The van der Waals surface area contributed by atoms with Gasteiger partial charge in [-0.1, -0.05) is 12.1 Å². The van der Waals surface area contributed by atoms with E-state index in [-0.39, 0.29) is 5.75 Å². The van der Waals surface area contributed by atoms with Gasteiger partial charge in [0.15, 0.2) is 11.6 Å². The van der Waals surface area contributed by atoms with Crippen LogP contribution < -0.4 is 10.1 Å². The third-order valence-corrected chi connectivity index (χ3v) is 2.82. The van der Waals surface area contributed by atoms with Crippen LogP contribution in [0.2, 0.25) is 0 Å². The molecule has 0 spiro atoms. The topological polar surface area (TPSA) is 41.5 Å². The Morgan fingerprint density at radius 2 is 2.33 bits per heavy atom. The summed E-state index contributed by atoms with van der Waals surface area (Å²) in [5.41, 5.74) is -0.787. The molecular formula is C11H14FNO2. The lowest BCUT2D eigenvalue weighted by Crippen LogP contribution is -2.29. The highest BCUT2D eigenvalue weighted by atomic mass is 19.1. The summed E-state index contributed by atoms with van der Waals surface area (Å²) in [6.07, 6.45) is 0.525. The normalized spacial score (nSPS) is 25.5. The third-order valence-electron chi connectivity index (χ3n) is 2.82. The summed E-state index contributed by atoms with van der Waals surface area (Å²) < 4.78 is 18.7. The fourth-order valence-electron chi connectivity index (χ4n) is 1.94. The first-order valence-electron chi connectivity index (χ1n) is 4.93. The van der Waals surface area contributed by atoms with Crippen molar-refractivity contribution in [1.82, 2.24) is 5.32 Å². The van der Waals surface area contributed by atoms with E-state index in [2.05, 4.69) is 5.32 Å². The Kier molecular flexibility index (Phi) is 2.63. The van der Waals surface area contributed by atoms with Gasteiger partial charge in [0.25, 0.3) is 0 Å². The van der Waals surface area contributed by atoms with Crippen LogP contribution >= 0.6 is 0 Å². The van der Waals surface area contributed by atoms with Crippen LogP contribution in [0.25, 0.3) is 0 Å². The minimum atomic E-state index is -1.10. The predicted octanol–water partition coefficient (Wildman–Crippen LogP) is 1.02. The smallest absolute Gasteiger partial charge is 0.171 e. The largest absolute Gasteiger partial charge is 0.494 e. The molecule has 0 saturated carbocycles. The van der Waals surface area contributed by atoms with Gasteiger partial charge < -0.3 is 15.2 Å². The summed E-state index contributed by atoms with van der Waals surface area (Å²) in [5.74, 6) is -0.293. The van der Waals surface area contributed by atoms with Gasteiger partial charge in [0.05, 0.1) is 7.11 Å². The van der Waals surface area contributed by atoms with Crippen molar-refractivity contribution in [2.24, 2.45) is 0 Å². The molecule has 1 aliphatic rings. The van der Waals surface area contributed by atoms with Crippen molar-refractivity contribution in [3.05, 3.63) is 29.6 Å². The fraction of sp³-hybridized carbons (Fsp3) is 0.455. The van der Waals surface area contributed by atoms with Crippen molar-refractivity contribution in [3.63, 3.8) is 0 Å². The van der Waals surface area contributed by atoms with Crippen molar-refractivity contribution in [2.75, 3.05) is 20.2 Å². The molecule has 0 aliphatic carbocycles. The van der Waals surface area contributed by atoms with E-state index in [1.165, 1.54) is 7.11 Å². The lowest BCUT2D eigenvalue weighted by Gasteiger charge is -2.23. The SMILES string of the molecule is COc1cccc(C2(O)CCNC2)c1F. The van der Waals surface area contributed by atoms with Gasteiger partial charge in [0.2, 0.25) is 0 Å². The maximum Gasteiger partial charge on any atom is 0.171 e. The summed E-state index contributed by atoms with van der Waals surface area (Å²) in [7, 11) is 1.42. The summed E-state index contributed by atoms with van der Waals surface area (Å²) in [5, 5.41) is 13.2. The van der Waals surface area contributed by atoms with E-state index in [0.717, 1.165) is 0 Å². The van der Waals surface area contributed by atoms with Gasteiger partial charge in [-0.15, -0.1) is 0 Å². The quantitative estimate of drug-likeness (QED) is 0.767. The van der Waals surface area contributed by atoms with Gasteiger partial charge in [0.1, 0.15) is 5.60 Å². The van der Waals surface area contributed by atoms with Crippen LogP contribution in [0.15, 0.2) is 18.2 Å².